The second-order valence-corrected chi connectivity index (χ2v) is 15.4. The van der Waals surface area contributed by atoms with Crippen LogP contribution in [0.3, 0.4) is 0 Å². The molecule has 0 spiro atoms. The van der Waals surface area contributed by atoms with Crippen molar-refractivity contribution in [2.75, 3.05) is 52.6 Å². The number of halogens is 2. The summed E-state index contributed by atoms with van der Waals surface area (Å²) in [4.78, 5) is 0. The second-order valence-electron chi connectivity index (χ2n) is 15.4. The zero-order chi connectivity index (χ0) is 33.5. The first-order valence-corrected chi connectivity index (χ1v) is 19.5. The summed E-state index contributed by atoms with van der Waals surface area (Å²) in [5.41, 5.74) is 22.8. The molecule has 4 aliphatic carbocycles. The van der Waals surface area contributed by atoms with E-state index in [9.17, 15) is 0 Å². The molecule has 4 rings (SSSR count). The third kappa shape index (κ3) is 12.4. The van der Waals surface area contributed by atoms with Gasteiger partial charge in [-0.25, -0.2) is 8.78 Å². The Kier molecular flexibility index (Phi) is 17.6. The number of rotatable bonds is 20. The molecule has 4 aliphatic rings. The normalized spacial score (nSPS) is 35.6. The van der Waals surface area contributed by atoms with E-state index in [2.05, 4.69) is 0 Å². The van der Waals surface area contributed by atoms with Gasteiger partial charge >= 0.3 is 0 Å². The molecule has 0 amide bonds. The first kappa shape index (κ1) is 39.3. The molecule has 0 heterocycles. The first-order chi connectivity index (χ1) is 22.9. The molecule has 0 aliphatic heterocycles. The molecule has 4 fully saturated rings. The zero-order valence-corrected chi connectivity index (χ0v) is 29.4. The largest absolute Gasteiger partial charge is 0.378 e. The Bertz CT molecular complexity index is 728. The minimum atomic E-state index is -2.58. The lowest BCUT2D eigenvalue weighted by Gasteiger charge is -2.45. The van der Waals surface area contributed by atoms with Crippen LogP contribution in [0.1, 0.15) is 116 Å². The number of hydrogen-bond donors (Lipinski definition) is 4. The van der Waals surface area contributed by atoms with Crippen molar-refractivity contribution in [1.29, 1.82) is 0 Å². The predicted octanol–water partition coefficient (Wildman–Crippen LogP) is 5.77. The van der Waals surface area contributed by atoms with E-state index in [-0.39, 0.29) is 24.4 Å². The molecule has 0 bridgehead atoms. The van der Waals surface area contributed by atoms with E-state index >= 15 is 8.78 Å². The molecule has 10 heteroatoms. The fourth-order valence-electron chi connectivity index (χ4n) is 9.45. The van der Waals surface area contributed by atoms with E-state index in [1.807, 2.05) is 0 Å². The summed E-state index contributed by atoms with van der Waals surface area (Å²) in [7, 11) is 0. The number of nitrogens with two attached hydrogens (primary N) is 4. The Morgan fingerprint density at radius 1 is 0.404 bits per heavy atom. The van der Waals surface area contributed by atoms with Gasteiger partial charge < -0.3 is 41.9 Å². The van der Waals surface area contributed by atoms with Crippen molar-refractivity contribution in [3.8, 4) is 0 Å². The molecular formula is C37H70F2N4O4. The van der Waals surface area contributed by atoms with E-state index in [1.165, 1.54) is 0 Å². The van der Waals surface area contributed by atoms with Crippen molar-refractivity contribution in [2.45, 2.75) is 146 Å². The van der Waals surface area contributed by atoms with Crippen LogP contribution in [0, 0.1) is 35.5 Å². The Morgan fingerprint density at radius 2 is 0.681 bits per heavy atom. The Labute approximate surface area is 284 Å². The minimum Gasteiger partial charge on any atom is -0.378 e. The lowest BCUT2D eigenvalue weighted by molar-refractivity contribution is -0.141. The summed E-state index contributed by atoms with van der Waals surface area (Å²) in [6, 6.07) is 0. The van der Waals surface area contributed by atoms with Gasteiger partial charge in [0.1, 0.15) is 0 Å². The van der Waals surface area contributed by atoms with Crippen LogP contribution in [0.5, 0.6) is 0 Å². The van der Waals surface area contributed by atoms with Gasteiger partial charge in [-0.15, -0.1) is 0 Å². The van der Waals surface area contributed by atoms with Gasteiger partial charge in [-0.05, 0) is 165 Å². The highest BCUT2D eigenvalue weighted by Crippen LogP contribution is 2.52. The zero-order valence-electron chi connectivity index (χ0n) is 29.4. The van der Waals surface area contributed by atoms with Crippen molar-refractivity contribution < 1.29 is 27.7 Å². The van der Waals surface area contributed by atoms with E-state index < -0.39 is 17.8 Å². The van der Waals surface area contributed by atoms with Crippen LogP contribution >= 0.6 is 0 Å². The number of alkyl halides is 2. The van der Waals surface area contributed by atoms with Gasteiger partial charge in [0.25, 0.3) is 5.92 Å². The molecule has 276 valence electrons. The summed E-state index contributed by atoms with van der Waals surface area (Å²) >= 11 is 0. The van der Waals surface area contributed by atoms with Gasteiger partial charge in [0, 0.05) is 38.3 Å². The minimum absolute atomic E-state index is 0.169. The van der Waals surface area contributed by atoms with Crippen molar-refractivity contribution in [1.82, 2.24) is 0 Å². The second kappa shape index (κ2) is 21.0. The van der Waals surface area contributed by atoms with Gasteiger partial charge in [0.15, 0.2) is 0 Å². The lowest BCUT2D eigenvalue weighted by Crippen LogP contribution is -2.43. The van der Waals surface area contributed by atoms with Crippen LogP contribution in [0.25, 0.3) is 0 Å². The topological polar surface area (TPSA) is 141 Å². The van der Waals surface area contributed by atoms with E-state index in [0.29, 0.717) is 102 Å². The van der Waals surface area contributed by atoms with Crippen molar-refractivity contribution in [2.24, 2.45) is 58.4 Å². The van der Waals surface area contributed by atoms with Crippen LogP contribution in [0.2, 0.25) is 0 Å². The molecule has 8 nitrogen and oxygen atoms in total. The van der Waals surface area contributed by atoms with Gasteiger partial charge in [-0.2, -0.15) is 0 Å². The fraction of sp³-hybridized carbons (Fsp3) is 1.00. The highest BCUT2D eigenvalue weighted by molar-refractivity contribution is 4.94. The lowest BCUT2D eigenvalue weighted by atomic mass is 9.65. The SMILES string of the molecule is NCCCOC1CC(OCCCN)CC(C2CCC(C(F)(F)C3CCC(C4CC(OCCCN)CC(OCCCN)C4)CC3)CC2)C1. The molecule has 0 radical (unpaired) electrons. The molecule has 0 aromatic heterocycles. The molecule has 4 atom stereocenters. The summed E-state index contributed by atoms with van der Waals surface area (Å²) in [5.74, 6) is -1.67. The molecule has 0 saturated heterocycles. The third-order valence-electron chi connectivity index (χ3n) is 12.1. The maximum absolute atomic E-state index is 16.2. The fourth-order valence-corrected chi connectivity index (χ4v) is 9.45. The standard InChI is InChI=1S/C37H70F2N4O4/c38-37(39,31-9-5-27(6-10-31)29-21-33(44-17-1-13-40)25-34(22-29)45-18-2-14-41)32-11-7-28(8-12-32)30-23-35(46-19-3-15-42)26-36(24-30)47-20-4-16-43/h27-36H,1-26,40-43H2. The van der Waals surface area contributed by atoms with Crippen molar-refractivity contribution in [3.63, 3.8) is 0 Å². The smallest absolute Gasteiger partial charge is 0.253 e. The Balaban J connectivity index is 1.25. The monoisotopic (exact) mass is 673 g/mol. The van der Waals surface area contributed by atoms with Crippen LogP contribution in [0.4, 0.5) is 8.78 Å². The van der Waals surface area contributed by atoms with Gasteiger partial charge in [-0.3, -0.25) is 0 Å². The van der Waals surface area contributed by atoms with Gasteiger partial charge in [0.2, 0.25) is 0 Å². The summed E-state index contributed by atoms with van der Waals surface area (Å²) in [6.45, 7) is 5.23. The van der Waals surface area contributed by atoms with Gasteiger partial charge in [0.05, 0.1) is 24.4 Å². The maximum atomic E-state index is 16.2. The van der Waals surface area contributed by atoms with Crippen molar-refractivity contribution >= 4 is 0 Å². The molecule has 4 unspecified atom stereocenters. The van der Waals surface area contributed by atoms with Crippen LogP contribution < -0.4 is 22.9 Å². The molecular weight excluding hydrogens is 602 g/mol. The van der Waals surface area contributed by atoms with Crippen LogP contribution in [-0.2, 0) is 18.9 Å². The Hall–Kier alpha value is -0.460. The molecule has 47 heavy (non-hydrogen) atoms. The highest BCUT2D eigenvalue weighted by Gasteiger charge is 2.50. The molecule has 8 N–H and O–H groups in total. The first-order valence-electron chi connectivity index (χ1n) is 19.5. The van der Waals surface area contributed by atoms with E-state index in [4.69, 9.17) is 41.9 Å². The summed E-state index contributed by atoms with van der Waals surface area (Å²) in [6.07, 6.45) is 16.1. The summed E-state index contributed by atoms with van der Waals surface area (Å²) < 4.78 is 57.2. The average Bonchev–Trinajstić information content (AvgIpc) is 3.09. The average molecular weight is 673 g/mol. The number of ether oxygens (including phenoxy) is 4. The quantitative estimate of drug-likeness (QED) is 0.120. The maximum Gasteiger partial charge on any atom is 0.253 e. The van der Waals surface area contributed by atoms with Gasteiger partial charge in [-0.1, -0.05) is 0 Å². The molecule has 4 saturated carbocycles. The predicted molar refractivity (Wildman–Crippen MR) is 184 cm³/mol. The molecule has 0 aromatic carbocycles. The third-order valence-corrected chi connectivity index (χ3v) is 12.1. The van der Waals surface area contributed by atoms with E-state index in [0.717, 1.165) is 89.9 Å². The van der Waals surface area contributed by atoms with Crippen molar-refractivity contribution in [3.05, 3.63) is 0 Å². The Morgan fingerprint density at radius 3 is 0.936 bits per heavy atom. The van der Waals surface area contributed by atoms with E-state index in [1.54, 1.807) is 0 Å². The highest BCUT2D eigenvalue weighted by atomic mass is 19.3. The van der Waals surface area contributed by atoms with Crippen LogP contribution in [0.15, 0.2) is 0 Å². The molecule has 0 aromatic rings. The van der Waals surface area contributed by atoms with Crippen LogP contribution in [-0.4, -0.2) is 82.9 Å². The number of hydrogen-bond acceptors (Lipinski definition) is 8. The summed E-state index contributed by atoms with van der Waals surface area (Å²) in [5, 5.41) is 0.